The third kappa shape index (κ3) is 6.10. The monoisotopic (exact) mass is 904 g/mol. The van der Waals surface area contributed by atoms with Crippen molar-refractivity contribution in [3.8, 4) is 0 Å². The smallest absolute Gasteiger partial charge is 0.0130 e. The van der Waals surface area contributed by atoms with Crippen molar-refractivity contribution in [2.75, 3.05) is 0 Å². The molecular weight excluding hydrogens is 853 g/mol. The highest BCUT2D eigenvalue weighted by Crippen LogP contribution is 2.57. The van der Waals surface area contributed by atoms with Gasteiger partial charge in [0.1, 0.15) is 0 Å². The van der Waals surface area contributed by atoms with Gasteiger partial charge in [0.2, 0.25) is 0 Å². The summed E-state index contributed by atoms with van der Waals surface area (Å²) in [6.45, 7) is 2.41. The van der Waals surface area contributed by atoms with Gasteiger partial charge >= 0.3 is 0 Å². The molecule has 11 aromatic carbocycles. The highest BCUT2D eigenvalue weighted by atomic mass is 14.4. The SMILES string of the molecule is CC1C=C(c2c3cc4c5ccccc5c5cccc(c3c(C3=CC=CCC3c3ccccc3)c3c6cc7c(c8cccc(c23)c86)C=C(c2ccccc2C2=CCCC=C2)CC7)c54)C(c2ccccc2)=CC1. The first-order valence-electron chi connectivity index (χ1n) is 26.0. The van der Waals surface area contributed by atoms with E-state index in [-0.39, 0.29) is 5.92 Å². The second kappa shape index (κ2) is 16.0. The number of fused-ring (bicyclic) bond motifs is 10. The van der Waals surface area contributed by atoms with Crippen LogP contribution in [0.2, 0.25) is 0 Å². The van der Waals surface area contributed by atoms with Crippen molar-refractivity contribution in [1.82, 2.24) is 0 Å². The van der Waals surface area contributed by atoms with Crippen LogP contribution in [0.25, 0.3) is 109 Å². The molecule has 0 saturated carbocycles. The molecule has 336 valence electrons. The second-order valence-corrected chi connectivity index (χ2v) is 20.7. The summed E-state index contributed by atoms with van der Waals surface area (Å²) >= 11 is 0. The quantitative estimate of drug-likeness (QED) is 0.146. The van der Waals surface area contributed by atoms with Crippen molar-refractivity contribution in [2.24, 2.45) is 5.92 Å². The van der Waals surface area contributed by atoms with Crippen LogP contribution in [0, 0.1) is 5.92 Å². The van der Waals surface area contributed by atoms with E-state index in [9.17, 15) is 0 Å². The predicted molar refractivity (Wildman–Crippen MR) is 307 cm³/mol. The summed E-state index contributed by atoms with van der Waals surface area (Å²) in [4.78, 5) is 0. The molecule has 0 aliphatic heterocycles. The molecule has 0 aromatic heterocycles. The summed E-state index contributed by atoms with van der Waals surface area (Å²) in [7, 11) is 0. The molecule has 2 atom stereocenters. The summed E-state index contributed by atoms with van der Waals surface area (Å²) < 4.78 is 0. The molecule has 0 amide bonds. The largest absolute Gasteiger partial charge is 0.0836 e. The van der Waals surface area contributed by atoms with Crippen molar-refractivity contribution in [2.45, 2.75) is 51.4 Å². The summed E-state index contributed by atoms with van der Waals surface area (Å²) in [5, 5.41) is 19.1. The van der Waals surface area contributed by atoms with E-state index in [4.69, 9.17) is 0 Å². The minimum Gasteiger partial charge on any atom is -0.0836 e. The van der Waals surface area contributed by atoms with Gasteiger partial charge in [-0.1, -0.05) is 207 Å². The van der Waals surface area contributed by atoms with E-state index in [0.29, 0.717) is 5.92 Å². The topological polar surface area (TPSA) is 0 Å². The standard InChI is InChI=1S/C71H52/c1-43-35-38-52(46-23-9-4-10-24-46)61(39-43)68-64-42-62-54-29-15-14-28-53(54)56-31-17-33-58(65(56)62)67(64)69(55-30-16-13-26-50(55)45-21-7-3-8-22-45)71-63-41-48-37-36-47(40-60(48)57-32-18-34-59(66(57)63)70(68)71)51-27-12-11-25-49(51)44-19-5-2-6-20-44/h3-5,7-25,27-34,38-43,50H,2,6,26,35-37H2,1H3. The van der Waals surface area contributed by atoms with Gasteiger partial charge in [0.25, 0.3) is 0 Å². The van der Waals surface area contributed by atoms with Gasteiger partial charge in [-0.15, -0.1) is 0 Å². The zero-order valence-electron chi connectivity index (χ0n) is 40.1. The highest BCUT2D eigenvalue weighted by Gasteiger charge is 2.33. The second-order valence-electron chi connectivity index (χ2n) is 20.7. The molecule has 0 radical (unpaired) electrons. The zero-order valence-corrected chi connectivity index (χ0v) is 40.1. The van der Waals surface area contributed by atoms with Crippen LogP contribution in [-0.4, -0.2) is 0 Å². The van der Waals surface area contributed by atoms with Gasteiger partial charge < -0.3 is 0 Å². The maximum Gasteiger partial charge on any atom is 0.0130 e. The van der Waals surface area contributed by atoms with E-state index >= 15 is 0 Å². The molecule has 0 heteroatoms. The van der Waals surface area contributed by atoms with E-state index in [1.54, 1.807) is 0 Å². The molecule has 0 spiro atoms. The molecule has 15 rings (SSSR count). The number of benzene rings is 9. The molecule has 0 fully saturated rings. The molecule has 0 N–H and O–H groups in total. The minimum atomic E-state index is 0.199. The molecule has 2 unspecified atom stereocenters. The normalized spacial score (nSPS) is 18.2. The van der Waals surface area contributed by atoms with E-state index in [1.807, 2.05) is 0 Å². The fourth-order valence-electron chi connectivity index (χ4n) is 13.7. The van der Waals surface area contributed by atoms with Gasteiger partial charge in [0.15, 0.2) is 0 Å². The Kier molecular flexibility index (Phi) is 9.19. The van der Waals surface area contributed by atoms with Gasteiger partial charge in [-0.05, 0) is 204 Å². The first kappa shape index (κ1) is 40.8. The fourth-order valence-corrected chi connectivity index (χ4v) is 13.7. The Bertz CT molecular complexity index is 4260. The Hall–Kier alpha value is -8.06. The van der Waals surface area contributed by atoms with Crippen LogP contribution >= 0.6 is 0 Å². The lowest BCUT2D eigenvalue weighted by Gasteiger charge is -2.28. The molecule has 0 nitrogen and oxygen atoms in total. The zero-order chi connectivity index (χ0) is 46.7. The number of hydrogen-bond donors (Lipinski definition) is 0. The summed E-state index contributed by atoms with van der Waals surface area (Å²) in [5.74, 6) is 0.586. The van der Waals surface area contributed by atoms with E-state index in [2.05, 4.69) is 219 Å². The van der Waals surface area contributed by atoms with Gasteiger partial charge in [0, 0.05) is 5.92 Å². The van der Waals surface area contributed by atoms with Crippen molar-refractivity contribution >= 4 is 109 Å². The number of aryl methyl sites for hydroxylation is 1. The van der Waals surface area contributed by atoms with Crippen molar-refractivity contribution in [1.29, 1.82) is 0 Å². The average Bonchev–Trinajstić information content (AvgIpc) is 3.94. The number of allylic oxidation sites excluding steroid dienone is 13. The molecule has 0 saturated heterocycles. The van der Waals surface area contributed by atoms with E-state index in [1.165, 1.54) is 148 Å². The number of rotatable bonds is 6. The van der Waals surface area contributed by atoms with Crippen LogP contribution in [0.4, 0.5) is 0 Å². The summed E-state index contributed by atoms with van der Waals surface area (Å²) in [6.07, 6.45) is 28.2. The maximum absolute atomic E-state index is 2.65. The molecular formula is C71H52. The summed E-state index contributed by atoms with van der Waals surface area (Å²) in [6, 6.07) is 60.5. The lowest BCUT2D eigenvalue weighted by molar-refractivity contribution is 0.742. The molecule has 11 aromatic rings. The van der Waals surface area contributed by atoms with E-state index in [0.717, 1.165) is 38.5 Å². The Morgan fingerprint density at radius 3 is 1.97 bits per heavy atom. The first-order valence-corrected chi connectivity index (χ1v) is 26.0. The van der Waals surface area contributed by atoms with Crippen LogP contribution in [0.15, 0.2) is 206 Å². The van der Waals surface area contributed by atoms with Crippen LogP contribution < -0.4 is 0 Å². The fraction of sp³-hybridized carbons (Fsp3) is 0.127. The minimum absolute atomic E-state index is 0.199. The number of hydrogen-bond acceptors (Lipinski definition) is 0. The highest BCUT2D eigenvalue weighted by molar-refractivity contribution is 6.43. The third-order valence-corrected chi connectivity index (χ3v) is 16.8. The van der Waals surface area contributed by atoms with Crippen LogP contribution in [0.5, 0.6) is 0 Å². The van der Waals surface area contributed by atoms with Crippen molar-refractivity contribution in [3.63, 3.8) is 0 Å². The van der Waals surface area contributed by atoms with Gasteiger partial charge in [0.05, 0.1) is 0 Å². The lowest BCUT2D eigenvalue weighted by Crippen LogP contribution is -2.07. The Balaban J connectivity index is 1.14. The summed E-state index contributed by atoms with van der Waals surface area (Å²) in [5.41, 5.74) is 17.9. The average molecular weight is 905 g/mol. The van der Waals surface area contributed by atoms with Crippen molar-refractivity contribution in [3.05, 3.63) is 251 Å². The third-order valence-electron chi connectivity index (χ3n) is 16.8. The molecule has 0 bridgehead atoms. The molecule has 4 aliphatic rings. The predicted octanol–water partition coefficient (Wildman–Crippen LogP) is 19.5. The molecule has 0 heterocycles. The van der Waals surface area contributed by atoms with Gasteiger partial charge in [-0.3, -0.25) is 0 Å². The van der Waals surface area contributed by atoms with E-state index < -0.39 is 0 Å². The van der Waals surface area contributed by atoms with Crippen LogP contribution in [0.1, 0.15) is 89.5 Å². The molecule has 71 heavy (non-hydrogen) atoms. The maximum atomic E-state index is 2.65. The van der Waals surface area contributed by atoms with Crippen molar-refractivity contribution < 1.29 is 0 Å². The van der Waals surface area contributed by atoms with Crippen LogP contribution in [-0.2, 0) is 6.42 Å². The Morgan fingerprint density at radius 1 is 0.465 bits per heavy atom. The Labute approximate surface area is 415 Å². The van der Waals surface area contributed by atoms with Gasteiger partial charge in [-0.2, -0.15) is 0 Å². The van der Waals surface area contributed by atoms with Gasteiger partial charge in [-0.25, -0.2) is 0 Å². The molecule has 4 aliphatic carbocycles. The lowest BCUT2D eigenvalue weighted by atomic mass is 9.75. The van der Waals surface area contributed by atoms with Crippen LogP contribution in [0.3, 0.4) is 0 Å². The Morgan fingerprint density at radius 2 is 1.15 bits per heavy atom. The first-order chi connectivity index (χ1) is 35.2.